The molecule has 2 aromatic rings. The van der Waals surface area contributed by atoms with Crippen LogP contribution in [0.2, 0.25) is 0 Å². The fourth-order valence-electron chi connectivity index (χ4n) is 3.20. The molecule has 0 unspecified atom stereocenters. The highest BCUT2D eigenvalue weighted by Crippen LogP contribution is 2.27. The number of carbonyl (C=O) groups excluding carboxylic acids is 2. The van der Waals surface area contributed by atoms with Crippen LogP contribution in [0.5, 0.6) is 0 Å². The van der Waals surface area contributed by atoms with Gasteiger partial charge in [0.2, 0.25) is 5.91 Å². The number of carbonyl (C=O) groups is 2. The Morgan fingerprint density at radius 2 is 2.00 bits per heavy atom. The molecule has 1 aromatic carbocycles. The van der Waals surface area contributed by atoms with E-state index in [1.807, 2.05) is 0 Å². The number of hydrogen-bond acceptors (Lipinski definition) is 5. The molecule has 0 spiro atoms. The van der Waals surface area contributed by atoms with Gasteiger partial charge in [0.15, 0.2) is 11.0 Å². The Bertz CT molecular complexity index is 877. The lowest BCUT2D eigenvalue weighted by Crippen LogP contribution is -2.45. The summed E-state index contributed by atoms with van der Waals surface area (Å²) in [4.78, 5) is 24.4. The van der Waals surface area contributed by atoms with E-state index >= 15 is 0 Å². The summed E-state index contributed by atoms with van der Waals surface area (Å²) in [6, 6.07) is 5.63. The summed E-state index contributed by atoms with van der Waals surface area (Å²) < 4.78 is 15.0. The monoisotopic (exact) mass is 417 g/mol. The molecule has 0 bridgehead atoms. The van der Waals surface area contributed by atoms with E-state index in [0.717, 1.165) is 25.7 Å². The van der Waals surface area contributed by atoms with Crippen molar-refractivity contribution < 1.29 is 14.0 Å². The predicted molar refractivity (Wildman–Crippen MR) is 110 cm³/mol. The molecule has 29 heavy (non-hydrogen) atoms. The first-order chi connectivity index (χ1) is 14.0. The summed E-state index contributed by atoms with van der Waals surface area (Å²) in [6.07, 6.45) is 5.78. The van der Waals surface area contributed by atoms with Crippen LogP contribution in [0.3, 0.4) is 0 Å². The van der Waals surface area contributed by atoms with E-state index in [9.17, 15) is 14.0 Å². The first-order valence-corrected chi connectivity index (χ1v) is 10.4. The minimum atomic E-state index is -0.557. The summed E-state index contributed by atoms with van der Waals surface area (Å²) in [6.45, 7) is 5.88. The molecule has 2 N–H and O–H groups in total. The van der Waals surface area contributed by atoms with Gasteiger partial charge < -0.3 is 5.32 Å². The summed E-state index contributed by atoms with van der Waals surface area (Å²) in [5.41, 5.74) is 0.709. The van der Waals surface area contributed by atoms with Crippen molar-refractivity contribution in [3.05, 3.63) is 42.7 Å². The number of aromatic nitrogens is 3. The van der Waals surface area contributed by atoms with Crippen molar-refractivity contribution in [2.45, 2.75) is 55.6 Å². The highest BCUT2D eigenvalue weighted by molar-refractivity contribution is 8.00. The molecule has 3 rings (SSSR count). The average molecular weight is 418 g/mol. The topological polar surface area (TPSA) is 88.9 Å². The van der Waals surface area contributed by atoms with Gasteiger partial charge in [-0.3, -0.25) is 14.7 Å². The Morgan fingerprint density at radius 1 is 1.31 bits per heavy atom. The Hall–Kier alpha value is -2.68. The second-order valence-electron chi connectivity index (χ2n) is 6.92. The average Bonchev–Trinajstić information content (AvgIpc) is 3.33. The molecule has 1 atom stereocenters. The highest BCUT2D eigenvalue weighted by atomic mass is 32.2. The zero-order valence-corrected chi connectivity index (χ0v) is 17.0. The van der Waals surface area contributed by atoms with Crippen LogP contribution in [-0.4, -0.2) is 38.0 Å². The van der Waals surface area contributed by atoms with Crippen LogP contribution in [0.1, 0.15) is 32.6 Å². The van der Waals surface area contributed by atoms with Crippen molar-refractivity contribution in [2.24, 2.45) is 0 Å². The van der Waals surface area contributed by atoms with E-state index in [-0.39, 0.29) is 11.9 Å². The molecule has 3 amide bonds. The number of rotatable bonds is 7. The van der Waals surface area contributed by atoms with Gasteiger partial charge in [-0.1, -0.05) is 30.7 Å². The molecule has 9 heteroatoms. The highest BCUT2D eigenvalue weighted by Gasteiger charge is 2.23. The van der Waals surface area contributed by atoms with Crippen LogP contribution >= 0.6 is 11.8 Å². The van der Waals surface area contributed by atoms with Crippen molar-refractivity contribution >= 4 is 23.7 Å². The van der Waals surface area contributed by atoms with Crippen LogP contribution in [0.4, 0.5) is 9.18 Å². The number of thioether (sulfide) groups is 1. The third kappa shape index (κ3) is 5.44. The number of urea groups is 1. The molecule has 1 heterocycles. The first kappa shape index (κ1) is 21.0. The zero-order valence-electron chi connectivity index (χ0n) is 16.2. The maximum Gasteiger partial charge on any atom is 0.321 e. The molecular formula is C20H24FN5O2S. The molecule has 1 aliphatic rings. The van der Waals surface area contributed by atoms with Crippen molar-refractivity contribution in [2.75, 3.05) is 0 Å². The lowest BCUT2D eigenvalue weighted by Gasteiger charge is -2.15. The molecule has 0 saturated heterocycles. The van der Waals surface area contributed by atoms with Crippen LogP contribution in [0.15, 0.2) is 42.1 Å². The minimum absolute atomic E-state index is 0.139. The fourth-order valence-corrected chi connectivity index (χ4v) is 4.06. The molecule has 1 aromatic heterocycles. The Balaban J connectivity index is 1.66. The third-order valence-corrected chi connectivity index (χ3v) is 5.79. The summed E-state index contributed by atoms with van der Waals surface area (Å²) in [7, 11) is 0. The van der Waals surface area contributed by atoms with Crippen molar-refractivity contribution in [1.82, 2.24) is 25.4 Å². The third-order valence-electron chi connectivity index (χ3n) is 4.71. The number of imide groups is 1. The van der Waals surface area contributed by atoms with Gasteiger partial charge in [-0.15, -0.1) is 16.8 Å². The van der Waals surface area contributed by atoms with Crippen molar-refractivity contribution in [3.8, 4) is 11.4 Å². The van der Waals surface area contributed by atoms with Crippen molar-refractivity contribution in [3.63, 3.8) is 0 Å². The molecule has 1 fully saturated rings. The van der Waals surface area contributed by atoms with Gasteiger partial charge in [-0.2, -0.15) is 0 Å². The molecular weight excluding hydrogens is 393 g/mol. The van der Waals surface area contributed by atoms with Crippen LogP contribution < -0.4 is 10.6 Å². The number of amides is 3. The quantitative estimate of drug-likeness (QED) is 0.532. The summed E-state index contributed by atoms with van der Waals surface area (Å²) >= 11 is 1.20. The number of nitrogens with one attached hydrogen (secondary N) is 2. The molecule has 1 saturated carbocycles. The molecule has 154 valence electrons. The van der Waals surface area contributed by atoms with Gasteiger partial charge in [-0.05, 0) is 44.0 Å². The largest absolute Gasteiger partial charge is 0.335 e. The number of allylic oxidation sites excluding steroid dienone is 1. The number of benzene rings is 1. The van der Waals surface area contributed by atoms with Crippen LogP contribution in [-0.2, 0) is 11.3 Å². The van der Waals surface area contributed by atoms with Gasteiger partial charge in [0.1, 0.15) is 5.82 Å². The van der Waals surface area contributed by atoms with Gasteiger partial charge in [0.25, 0.3) is 0 Å². The second-order valence-corrected chi connectivity index (χ2v) is 8.22. The molecule has 0 aliphatic heterocycles. The predicted octanol–water partition coefficient (Wildman–Crippen LogP) is 3.52. The fraction of sp³-hybridized carbons (Fsp3) is 0.400. The normalized spacial score (nSPS) is 15.1. The first-order valence-electron chi connectivity index (χ1n) is 9.56. The Kier molecular flexibility index (Phi) is 7.03. The number of nitrogens with zero attached hydrogens (tertiary/aromatic N) is 3. The number of halogens is 1. The molecule has 0 radical (unpaired) electrons. The maximum absolute atomic E-state index is 13.2. The van der Waals surface area contributed by atoms with E-state index in [0.29, 0.717) is 23.1 Å². The van der Waals surface area contributed by atoms with E-state index in [1.54, 1.807) is 29.7 Å². The van der Waals surface area contributed by atoms with Crippen LogP contribution in [0.25, 0.3) is 11.4 Å². The van der Waals surface area contributed by atoms with Gasteiger partial charge in [0.05, 0.1) is 5.25 Å². The Morgan fingerprint density at radius 3 is 2.66 bits per heavy atom. The smallest absolute Gasteiger partial charge is 0.321 e. The van der Waals surface area contributed by atoms with Crippen LogP contribution in [0, 0.1) is 5.82 Å². The lowest BCUT2D eigenvalue weighted by atomic mass is 10.2. The van der Waals surface area contributed by atoms with E-state index in [4.69, 9.17) is 0 Å². The zero-order chi connectivity index (χ0) is 20.8. The van der Waals surface area contributed by atoms with Crippen molar-refractivity contribution in [1.29, 1.82) is 0 Å². The van der Waals surface area contributed by atoms with E-state index in [2.05, 4.69) is 27.4 Å². The van der Waals surface area contributed by atoms with Gasteiger partial charge in [0, 0.05) is 18.2 Å². The number of hydrogen-bond donors (Lipinski definition) is 2. The van der Waals surface area contributed by atoms with E-state index < -0.39 is 17.2 Å². The van der Waals surface area contributed by atoms with Gasteiger partial charge in [-0.25, -0.2) is 9.18 Å². The SMILES string of the molecule is C=CCn1c(S[C@@H](C)C(=O)NC(=O)NC2CCCC2)nnc1-c1ccc(F)cc1. The summed E-state index contributed by atoms with van der Waals surface area (Å²) in [5.74, 6) is -0.180. The van der Waals surface area contributed by atoms with E-state index in [1.165, 1.54) is 23.9 Å². The molecule has 1 aliphatic carbocycles. The Labute approximate surface area is 173 Å². The standard InChI is InChI=1S/C20H24FN5O2S/c1-3-12-26-17(14-8-10-15(21)11-9-14)24-25-20(26)29-13(2)18(27)23-19(28)22-16-6-4-5-7-16/h3,8-11,13,16H,1,4-7,12H2,2H3,(H2,22,23,27,28)/t13-/m0/s1. The maximum atomic E-state index is 13.2. The van der Waals surface area contributed by atoms with Gasteiger partial charge >= 0.3 is 6.03 Å². The lowest BCUT2D eigenvalue weighted by molar-refractivity contribution is -0.119. The summed E-state index contributed by atoms with van der Waals surface area (Å²) in [5, 5.41) is 13.5. The minimum Gasteiger partial charge on any atom is -0.335 e. The second kappa shape index (κ2) is 9.69. The molecule has 7 nitrogen and oxygen atoms in total.